The Bertz CT molecular complexity index is 708. The molecular formula is C13H9BrClN3. The monoisotopic (exact) mass is 321 g/mol. The number of nitrogens with zero attached hydrogens (tertiary/aromatic N) is 3. The fourth-order valence-corrected chi connectivity index (χ4v) is 2.67. The lowest BCUT2D eigenvalue weighted by atomic mass is 10.2. The lowest BCUT2D eigenvalue weighted by Crippen LogP contribution is -2.01. The van der Waals surface area contributed by atoms with Gasteiger partial charge in [0.15, 0.2) is 0 Å². The van der Waals surface area contributed by atoms with Gasteiger partial charge in [-0.2, -0.15) is 0 Å². The Kier molecular flexibility index (Phi) is 3.06. The Morgan fingerprint density at radius 2 is 1.94 bits per heavy atom. The first-order valence-corrected chi connectivity index (χ1v) is 6.95. The Morgan fingerprint density at radius 3 is 2.78 bits per heavy atom. The molecule has 0 radical (unpaired) electrons. The standard InChI is InChI=1S/C13H9BrClN3/c14-8-9-4-3-5-10(15)13(9)18-12-7-2-1-6-11(12)16-17-18/h1-7H,8H2. The third-order valence-corrected chi connectivity index (χ3v) is 3.69. The quantitative estimate of drug-likeness (QED) is 0.668. The summed E-state index contributed by atoms with van der Waals surface area (Å²) in [6, 6.07) is 13.6. The van der Waals surface area contributed by atoms with E-state index in [0.29, 0.717) is 5.02 Å². The van der Waals surface area contributed by atoms with Crippen LogP contribution < -0.4 is 0 Å². The van der Waals surface area contributed by atoms with Crippen LogP contribution in [-0.2, 0) is 5.33 Å². The van der Waals surface area contributed by atoms with E-state index < -0.39 is 0 Å². The predicted molar refractivity (Wildman–Crippen MR) is 76.5 cm³/mol. The topological polar surface area (TPSA) is 30.7 Å². The molecule has 2 aromatic carbocycles. The first-order chi connectivity index (χ1) is 8.81. The molecule has 1 heterocycles. The van der Waals surface area contributed by atoms with Crippen molar-refractivity contribution in [2.75, 3.05) is 0 Å². The molecule has 0 aliphatic carbocycles. The zero-order valence-electron chi connectivity index (χ0n) is 9.35. The van der Waals surface area contributed by atoms with E-state index in [2.05, 4.69) is 26.2 Å². The van der Waals surface area contributed by atoms with Gasteiger partial charge in [-0.05, 0) is 23.8 Å². The molecule has 0 aliphatic rings. The second kappa shape index (κ2) is 4.71. The number of alkyl halides is 1. The van der Waals surface area contributed by atoms with Crippen LogP contribution in [0, 0.1) is 0 Å². The van der Waals surface area contributed by atoms with Crippen LogP contribution in [0.5, 0.6) is 0 Å². The Morgan fingerprint density at radius 1 is 1.11 bits per heavy atom. The summed E-state index contributed by atoms with van der Waals surface area (Å²) in [5.41, 5.74) is 3.77. The van der Waals surface area contributed by atoms with Gasteiger partial charge in [-0.3, -0.25) is 0 Å². The summed E-state index contributed by atoms with van der Waals surface area (Å²) in [5.74, 6) is 0. The maximum absolute atomic E-state index is 6.29. The predicted octanol–water partition coefficient (Wildman–Crippen LogP) is 3.97. The minimum atomic E-state index is 0.669. The van der Waals surface area contributed by atoms with E-state index in [1.807, 2.05) is 42.5 Å². The van der Waals surface area contributed by atoms with Crippen LogP contribution in [0.15, 0.2) is 42.5 Å². The van der Waals surface area contributed by atoms with Crippen molar-refractivity contribution in [2.24, 2.45) is 0 Å². The number of fused-ring (bicyclic) bond motifs is 1. The minimum Gasteiger partial charge on any atom is -0.211 e. The molecule has 0 amide bonds. The van der Waals surface area contributed by atoms with E-state index in [0.717, 1.165) is 27.6 Å². The third kappa shape index (κ3) is 1.82. The molecular weight excluding hydrogens is 314 g/mol. The van der Waals surface area contributed by atoms with Crippen LogP contribution in [-0.4, -0.2) is 15.0 Å². The van der Waals surface area contributed by atoms with Crippen LogP contribution in [0.2, 0.25) is 5.02 Å². The smallest absolute Gasteiger partial charge is 0.113 e. The van der Waals surface area contributed by atoms with Crippen LogP contribution in [0.4, 0.5) is 0 Å². The van der Waals surface area contributed by atoms with Gasteiger partial charge in [0, 0.05) is 5.33 Å². The maximum atomic E-state index is 6.29. The molecule has 0 N–H and O–H groups in total. The van der Waals surface area contributed by atoms with Crippen molar-refractivity contribution in [3.63, 3.8) is 0 Å². The number of hydrogen-bond donors (Lipinski definition) is 0. The molecule has 90 valence electrons. The lowest BCUT2D eigenvalue weighted by Gasteiger charge is -2.09. The zero-order valence-corrected chi connectivity index (χ0v) is 11.7. The van der Waals surface area contributed by atoms with Crippen molar-refractivity contribution in [3.05, 3.63) is 53.1 Å². The molecule has 0 fully saturated rings. The van der Waals surface area contributed by atoms with Gasteiger partial charge in [0.1, 0.15) is 5.52 Å². The van der Waals surface area contributed by atoms with E-state index in [-0.39, 0.29) is 0 Å². The highest BCUT2D eigenvalue weighted by Crippen LogP contribution is 2.28. The van der Waals surface area contributed by atoms with E-state index in [1.54, 1.807) is 4.68 Å². The molecule has 3 rings (SSSR count). The molecule has 5 heteroatoms. The Labute approximate surface area is 118 Å². The molecule has 18 heavy (non-hydrogen) atoms. The van der Waals surface area contributed by atoms with Crippen LogP contribution in [0.3, 0.4) is 0 Å². The van der Waals surface area contributed by atoms with Gasteiger partial charge in [0.2, 0.25) is 0 Å². The summed E-state index contributed by atoms with van der Waals surface area (Å²) in [6.45, 7) is 0. The fourth-order valence-electron chi connectivity index (χ4n) is 1.94. The number of halogens is 2. The van der Waals surface area contributed by atoms with Crippen molar-refractivity contribution >= 4 is 38.6 Å². The van der Waals surface area contributed by atoms with E-state index in [4.69, 9.17) is 11.6 Å². The fraction of sp³-hybridized carbons (Fsp3) is 0.0769. The van der Waals surface area contributed by atoms with Gasteiger partial charge >= 0.3 is 0 Å². The molecule has 0 atom stereocenters. The van der Waals surface area contributed by atoms with Crippen LogP contribution in [0.1, 0.15) is 5.56 Å². The van der Waals surface area contributed by atoms with Gasteiger partial charge in [-0.15, -0.1) is 5.10 Å². The number of aromatic nitrogens is 3. The molecule has 0 saturated carbocycles. The molecule has 0 unspecified atom stereocenters. The van der Waals surface area contributed by atoms with Crippen LogP contribution in [0.25, 0.3) is 16.7 Å². The third-order valence-electron chi connectivity index (χ3n) is 2.78. The first kappa shape index (κ1) is 11.7. The zero-order chi connectivity index (χ0) is 12.5. The molecule has 0 saturated heterocycles. The summed E-state index contributed by atoms with van der Waals surface area (Å²) in [7, 11) is 0. The van der Waals surface area contributed by atoms with Crippen molar-refractivity contribution in [3.8, 4) is 5.69 Å². The summed E-state index contributed by atoms with van der Waals surface area (Å²) < 4.78 is 1.79. The van der Waals surface area contributed by atoms with Crippen LogP contribution >= 0.6 is 27.5 Å². The first-order valence-electron chi connectivity index (χ1n) is 5.45. The SMILES string of the molecule is Clc1cccc(CBr)c1-n1nnc2ccccc21. The van der Waals surface area contributed by atoms with Crippen molar-refractivity contribution in [1.29, 1.82) is 0 Å². The molecule has 0 bridgehead atoms. The molecule has 1 aromatic heterocycles. The lowest BCUT2D eigenvalue weighted by molar-refractivity contribution is 0.818. The molecule has 0 spiro atoms. The summed E-state index contributed by atoms with van der Waals surface area (Å²) in [5, 5.41) is 9.74. The molecule has 0 aliphatic heterocycles. The average Bonchev–Trinajstić information content (AvgIpc) is 2.82. The highest BCUT2D eigenvalue weighted by molar-refractivity contribution is 9.08. The Hall–Kier alpha value is -1.39. The van der Waals surface area contributed by atoms with E-state index in [1.165, 1.54) is 0 Å². The minimum absolute atomic E-state index is 0.669. The van der Waals surface area contributed by atoms with Crippen molar-refractivity contribution in [2.45, 2.75) is 5.33 Å². The van der Waals surface area contributed by atoms with Gasteiger partial charge in [-0.1, -0.05) is 57.0 Å². The average molecular weight is 323 g/mol. The van der Waals surface area contributed by atoms with E-state index in [9.17, 15) is 0 Å². The number of hydrogen-bond acceptors (Lipinski definition) is 2. The van der Waals surface area contributed by atoms with Crippen molar-refractivity contribution < 1.29 is 0 Å². The molecule has 3 aromatic rings. The summed E-state index contributed by atoms with van der Waals surface area (Å²) >= 11 is 9.76. The Balaban J connectivity index is 2.33. The van der Waals surface area contributed by atoms with Gasteiger partial charge in [0.25, 0.3) is 0 Å². The van der Waals surface area contributed by atoms with Gasteiger partial charge in [-0.25, -0.2) is 4.68 Å². The number of para-hydroxylation sites is 2. The summed E-state index contributed by atoms with van der Waals surface area (Å²) in [6.07, 6.45) is 0. The van der Waals surface area contributed by atoms with Gasteiger partial charge < -0.3 is 0 Å². The number of benzene rings is 2. The molecule has 3 nitrogen and oxygen atoms in total. The number of rotatable bonds is 2. The largest absolute Gasteiger partial charge is 0.211 e. The second-order valence-corrected chi connectivity index (χ2v) is 4.84. The normalized spacial score (nSPS) is 11.0. The second-order valence-electron chi connectivity index (χ2n) is 3.87. The highest BCUT2D eigenvalue weighted by atomic mass is 79.9. The maximum Gasteiger partial charge on any atom is 0.113 e. The summed E-state index contributed by atoms with van der Waals surface area (Å²) in [4.78, 5) is 0. The van der Waals surface area contributed by atoms with E-state index >= 15 is 0 Å². The highest BCUT2D eigenvalue weighted by Gasteiger charge is 2.12. The van der Waals surface area contributed by atoms with Gasteiger partial charge in [0.05, 0.1) is 16.2 Å². The van der Waals surface area contributed by atoms with Crippen molar-refractivity contribution in [1.82, 2.24) is 15.0 Å².